The Labute approximate surface area is 120 Å². The van der Waals surface area contributed by atoms with Gasteiger partial charge in [0.2, 0.25) is 0 Å². The third-order valence-corrected chi connectivity index (χ3v) is 4.84. The lowest BCUT2D eigenvalue weighted by Gasteiger charge is -2.35. The molecule has 0 spiro atoms. The van der Waals surface area contributed by atoms with Gasteiger partial charge >= 0.3 is 0 Å². The van der Waals surface area contributed by atoms with E-state index in [1.165, 1.54) is 19.3 Å². The highest BCUT2D eigenvalue weighted by Crippen LogP contribution is 2.35. The normalized spacial score (nSPS) is 26.6. The second kappa shape index (κ2) is 5.31. The summed E-state index contributed by atoms with van der Waals surface area (Å²) in [6, 6.07) is 8.69. The molecule has 0 bridgehead atoms. The van der Waals surface area contributed by atoms with E-state index >= 15 is 0 Å². The molecule has 3 heteroatoms. The van der Waals surface area contributed by atoms with Gasteiger partial charge in [0.15, 0.2) is 0 Å². The Morgan fingerprint density at radius 3 is 2.85 bits per heavy atom. The van der Waals surface area contributed by atoms with Gasteiger partial charge in [-0.05, 0) is 24.3 Å². The molecular formula is C17H23N3. The average Bonchev–Trinajstić information content (AvgIpc) is 2.46. The van der Waals surface area contributed by atoms with Crippen LogP contribution in [-0.2, 0) is 0 Å². The zero-order chi connectivity index (χ0) is 14.1. The summed E-state index contributed by atoms with van der Waals surface area (Å²) in [6.07, 6.45) is 5.63. The van der Waals surface area contributed by atoms with Crippen molar-refractivity contribution in [3.8, 4) is 0 Å². The SMILES string of the molecule is CC1CCCC(Nc2c(N)cnc3ccccc23)C1C. The molecule has 106 valence electrons. The van der Waals surface area contributed by atoms with Gasteiger partial charge in [0.25, 0.3) is 0 Å². The van der Waals surface area contributed by atoms with Crippen LogP contribution in [0.4, 0.5) is 11.4 Å². The highest BCUT2D eigenvalue weighted by molar-refractivity contribution is 5.96. The van der Waals surface area contributed by atoms with Gasteiger partial charge in [0.05, 0.1) is 23.1 Å². The lowest BCUT2D eigenvalue weighted by Crippen LogP contribution is -2.35. The van der Waals surface area contributed by atoms with Crippen LogP contribution in [0.3, 0.4) is 0 Å². The fourth-order valence-corrected chi connectivity index (χ4v) is 3.29. The van der Waals surface area contributed by atoms with Crippen LogP contribution in [0.15, 0.2) is 30.5 Å². The van der Waals surface area contributed by atoms with Gasteiger partial charge in [-0.15, -0.1) is 0 Å². The van der Waals surface area contributed by atoms with Crippen molar-refractivity contribution in [3.05, 3.63) is 30.5 Å². The Balaban J connectivity index is 1.96. The number of para-hydroxylation sites is 1. The molecule has 3 nitrogen and oxygen atoms in total. The highest BCUT2D eigenvalue weighted by Gasteiger charge is 2.27. The third kappa shape index (κ3) is 2.33. The first kappa shape index (κ1) is 13.2. The van der Waals surface area contributed by atoms with Crippen LogP contribution in [0, 0.1) is 11.8 Å². The van der Waals surface area contributed by atoms with Crippen molar-refractivity contribution < 1.29 is 0 Å². The van der Waals surface area contributed by atoms with Crippen molar-refractivity contribution in [1.29, 1.82) is 0 Å². The van der Waals surface area contributed by atoms with E-state index in [1.807, 2.05) is 18.2 Å². The van der Waals surface area contributed by atoms with E-state index in [0.29, 0.717) is 12.0 Å². The third-order valence-electron chi connectivity index (χ3n) is 4.84. The van der Waals surface area contributed by atoms with Gasteiger partial charge in [-0.3, -0.25) is 4.98 Å². The Hall–Kier alpha value is -1.77. The number of hydrogen-bond acceptors (Lipinski definition) is 3. The van der Waals surface area contributed by atoms with Gasteiger partial charge in [0.1, 0.15) is 0 Å². The summed E-state index contributed by atoms with van der Waals surface area (Å²) in [7, 11) is 0. The number of rotatable bonds is 2. The number of fused-ring (bicyclic) bond motifs is 1. The summed E-state index contributed by atoms with van der Waals surface area (Å²) < 4.78 is 0. The number of nitrogens with zero attached hydrogens (tertiary/aromatic N) is 1. The second-order valence-corrected chi connectivity index (χ2v) is 6.12. The van der Waals surface area contributed by atoms with E-state index < -0.39 is 0 Å². The van der Waals surface area contributed by atoms with Gasteiger partial charge < -0.3 is 11.1 Å². The molecular weight excluding hydrogens is 246 g/mol. The maximum Gasteiger partial charge on any atom is 0.0743 e. The molecule has 1 aromatic carbocycles. The number of nitrogen functional groups attached to an aromatic ring is 1. The Morgan fingerprint density at radius 1 is 1.20 bits per heavy atom. The summed E-state index contributed by atoms with van der Waals surface area (Å²) in [5.74, 6) is 1.45. The first-order chi connectivity index (χ1) is 9.66. The van der Waals surface area contributed by atoms with E-state index in [1.54, 1.807) is 6.20 Å². The number of benzene rings is 1. The van der Waals surface area contributed by atoms with Crippen molar-refractivity contribution in [2.24, 2.45) is 11.8 Å². The molecule has 1 heterocycles. The summed E-state index contributed by atoms with van der Waals surface area (Å²) >= 11 is 0. The largest absolute Gasteiger partial charge is 0.396 e. The fraction of sp³-hybridized carbons (Fsp3) is 0.471. The monoisotopic (exact) mass is 269 g/mol. The van der Waals surface area contributed by atoms with Crippen LogP contribution in [0.2, 0.25) is 0 Å². The molecule has 3 atom stereocenters. The summed E-state index contributed by atoms with van der Waals surface area (Å²) in [5, 5.41) is 4.83. The summed E-state index contributed by atoms with van der Waals surface area (Å²) in [5.41, 5.74) is 8.96. The quantitative estimate of drug-likeness (QED) is 0.864. The van der Waals surface area contributed by atoms with Crippen LogP contribution >= 0.6 is 0 Å². The molecule has 3 N–H and O–H groups in total. The number of aromatic nitrogens is 1. The fourth-order valence-electron chi connectivity index (χ4n) is 3.29. The topological polar surface area (TPSA) is 50.9 Å². The van der Waals surface area contributed by atoms with Crippen molar-refractivity contribution >= 4 is 22.3 Å². The Morgan fingerprint density at radius 2 is 2.00 bits per heavy atom. The van der Waals surface area contributed by atoms with E-state index in [9.17, 15) is 0 Å². The van der Waals surface area contributed by atoms with Crippen molar-refractivity contribution in [1.82, 2.24) is 4.98 Å². The molecule has 3 unspecified atom stereocenters. The molecule has 0 amide bonds. The first-order valence-corrected chi connectivity index (χ1v) is 7.56. The number of pyridine rings is 1. The van der Waals surface area contributed by atoms with Crippen molar-refractivity contribution in [2.45, 2.75) is 39.2 Å². The van der Waals surface area contributed by atoms with Gasteiger partial charge in [-0.2, -0.15) is 0 Å². The van der Waals surface area contributed by atoms with Crippen molar-refractivity contribution in [3.63, 3.8) is 0 Å². The number of hydrogen-bond donors (Lipinski definition) is 2. The average molecular weight is 269 g/mol. The smallest absolute Gasteiger partial charge is 0.0743 e. The van der Waals surface area contributed by atoms with E-state index in [0.717, 1.165) is 28.2 Å². The maximum atomic E-state index is 6.16. The zero-order valence-corrected chi connectivity index (χ0v) is 12.3. The minimum atomic E-state index is 0.506. The van der Waals surface area contributed by atoms with Gasteiger partial charge in [-0.25, -0.2) is 0 Å². The summed E-state index contributed by atoms with van der Waals surface area (Å²) in [4.78, 5) is 4.40. The number of anilines is 2. The van der Waals surface area contributed by atoms with E-state index in [2.05, 4.69) is 30.2 Å². The Kier molecular flexibility index (Phi) is 3.51. The molecule has 1 aliphatic rings. The van der Waals surface area contributed by atoms with E-state index in [-0.39, 0.29) is 0 Å². The molecule has 0 aliphatic heterocycles. The van der Waals surface area contributed by atoms with Gasteiger partial charge in [0, 0.05) is 11.4 Å². The lowest BCUT2D eigenvalue weighted by molar-refractivity contribution is 0.253. The van der Waals surface area contributed by atoms with Crippen LogP contribution in [0.25, 0.3) is 10.9 Å². The molecule has 3 rings (SSSR count). The van der Waals surface area contributed by atoms with Crippen molar-refractivity contribution in [2.75, 3.05) is 11.1 Å². The van der Waals surface area contributed by atoms with Crippen LogP contribution in [-0.4, -0.2) is 11.0 Å². The molecule has 1 aromatic heterocycles. The lowest BCUT2D eigenvalue weighted by atomic mass is 9.78. The molecule has 20 heavy (non-hydrogen) atoms. The molecule has 0 saturated heterocycles. The van der Waals surface area contributed by atoms with Crippen LogP contribution in [0.1, 0.15) is 33.1 Å². The zero-order valence-electron chi connectivity index (χ0n) is 12.3. The number of nitrogens with one attached hydrogen (secondary N) is 1. The molecule has 2 aromatic rings. The maximum absolute atomic E-state index is 6.16. The standard InChI is InChI=1S/C17H23N3/c1-11-6-5-9-15(12(11)2)20-17-13-7-3-4-8-16(13)19-10-14(17)18/h3-4,7-8,10-12,15H,5-6,9,18H2,1-2H3,(H,19,20). The predicted octanol–water partition coefficient (Wildman–Crippen LogP) is 4.05. The van der Waals surface area contributed by atoms with E-state index in [4.69, 9.17) is 5.73 Å². The minimum Gasteiger partial charge on any atom is -0.396 e. The van der Waals surface area contributed by atoms with Crippen LogP contribution in [0.5, 0.6) is 0 Å². The molecule has 1 saturated carbocycles. The molecule has 1 fully saturated rings. The Bertz CT molecular complexity index is 608. The van der Waals surface area contributed by atoms with Gasteiger partial charge in [-0.1, -0.05) is 44.9 Å². The molecule has 0 radical (unpaired) electrons. The predicted molar refractivity (Wildman–Crippen MR) is 85.7 cm³/mol. The number of nitrogens with two attached hydrogens (primary N) is 1. The summed E-state index contributed by atoms with van der Waals surface area (Å²) in [6.45, 7) is 4.70. The highest BCUT2D eigenvalue weighted by atomic mass is 15.0. The first-order valence-electron chi connectivity index (χ1n) is 7.56. The minimum absolute atomic E-state index is 0.506. The van der Waals surface area contributed by atoms with Crippen LogP contribution < -0.4 is 11.1 Å². The second-order valence-electron chi connectivity index (χ2n) is 6.12. The molecule has 1 aliphatic carbocycles.